The number of hydrogen-bond acceptors (Lipinski definition) is 6. The Hall–Kier alpha value is -4.48. The van der Waals surface area contributed by atoms with E-state index >= 15 is 0 Å². The number of allylic oxidation sites excluding steroid dienone is 3. The normalized spacial score (nSPS) is 11.6. The molecule has 0 fully saturated rings. The zero-order valence-electron chi connectivity index (χ0n) is 21.5. The minimum atomic E-state index is -0.210. The van der Waals surface area contributed by atoms with Crippen LogP contribution in [0.5, 0.6) is 0 Å². The van der Waals surface area contributed by atoms with E-state index in [4.69, 9.17) is 19.7 Å². The number of unbranched alkanes of at least 4 members (excludes halogenated alkanes) is 2. The first-order chi connectivity index (χ1) is 19.0. The molecule has 6 nitrogen and oxygen atoms in total. The smallest absolute Gasteiger partial charge is 0.248 e. The lowest BCUT2D eigenvalue weighted by Gasteiger charge is -2.08. The fourth-order valence-electron chi connectivity index (χ4n) is 4.03. The SMILES string of the molecule is [C-]#[N+]/C(C#N)=C(/C#N)c1ccc(-c2sc(-c3ccc(/C([N+]#[C-])=C(\C#N)[N+]#[C-])s3)c(CCCC)c2CCCC)s1. The second-order valence-electron chi connectivity index (χ2n) is 8.34. The first-order valence-electron chi connectivity index (χ1n) is 12.2. The van der Waals surface area contributed by atoms with Crippen molar-refractivity contribution in [3.63, 3.8) is 0 Å². The monoisotopic (exact) mass is 562 g/mol. The molecule has 0 amide bonds. The van der Waals surface area contributed by atoms with Crippen LogP contribution < -0.4 is 0 Å². The first-order valence-corrected chi connectivity index (χ1v) is 14.6. The van der Waals surface area contributed by atoms with Crippen molar-refractivity contribution in [2.45, 2.75) is 52.4 Å². The zero-order valence-corrected chi connectivity index (χ0v) is 23.9. The van der Waals surface area contributed by atoms with Crippen molar-refractivity contribution in [3.8, 4) is 37.7 Å². The highest BCUT2D eigenvalue weighted by molar-refractivity contribution is 7.27. The molecule has 0 N–H and O–H groups in total. The van der Waals surface area contributed by atoms with Gasteiger partial charge >= 0.3 is 0 Å². The maximum atomic E-state index is 9.64. The van der Waals surface area contributed by atoms with E-state index in [-0.39, 0.29) is 22.7 Å². The lowest BCUT2D eigenvalue weighted by atomic mass is 9.97. The topological polar surface area (TPSA) is 84.5 Å². The van der Waals surface area contributed by atoms with Crippen molar-refractivity contribution in [1.82, 2.24) is 0 Å². The van der Waals surface area contributed by atoms with Crippen LogP contribution in [0, 0.1) is 53.7 Å². The van der Waals surface area contributed by atoms with Gasteiger partial charge in [-0.15, -0.1) is 34.0 Å². The molecule has 0 aliphatic heterocycles. The molecule has 3 aromatic heterocycles. The molecule has 0 saturated carbocycles. The van der Waals surface area contributed by atoms with E-state index in [0.717, 1.165) is 58.0 Å². The Bertz CT molecular complexity index is 1540. The molecule has 0 aromatic carbocycles. The molecule has 190 valence electrons. The molecule has 9 heteroatoms. The average molecular weight is 563 g/mol. The summed E-state index contributed by atoms with van der Waals surface area (Å²) in [6.45, 7) is 26.4. The molecule has 0 atom stereocenters. The molecule has 0 radical (unpaired) electrons. The maximum Gasteiger partial charge on any atom is 0.280 e. The van der Waals surface area contributed by atoms with Gasteiger partial charge in [-0.3, -0.25) is 0 Å². The Balaban J connectivity index is 2.24. The summed E-state index contributed by atoms with van der Waals surface area (Å²) < 4.78 is 0. The van der Waals surface area contributed by atoms with E-state index in [1.54, 1.807) is 17.4 Å². The Labute approximate surface area is 241 Å². The number of rotatable bonds is 10. The summed E-state index contributed by atoms with van der Waals surface area (Å²) in [7, 11) is 0. The van der Waals surface area contributed by atoms with Gasteiger partial charge < -0.3 is 0 Å². The molecule has 39 heavy (non-hydrogen) atoms. The van der Waals surface area contributed by atoms with Crippen molar-refractivity contribution in [2.24, 2.45) is 0 Å². The molecule has 0 spiro atoms. The summed E-state index contributed by atoms with van der Waals surface area (Å²) in [6.07, 6.45) is 5.95. The van der Waals surface area contributed by atoms with E-state index in [2.05, 4.69) is 28.4 Å². The summed E-state index contributed by atoms with van der Waals surface area (Å²) in [5.41, 5.74) is 2.32. The van der Waals surface area contributed by atoms with Crippen LogP contribution in [-0.4, -0.2) is 0 Å². The molecule has 3 heterocycles. The quantitative estimate of drug-likeness (QED) is 0.182. The predicted molar refractivity (Wildman–Crippen MR) is 159 cm³/mol. The summed E-state index contributed by atoms with van der Waals surface area (Å²) in [5.74, 6) is 0. The lowest BCUT2D eigenvalue weighted by molar-refractivity contribution is 0.764. The maximum absolute atomic E-state index is 9.64. The van der Waals surface area contributed by atoms with Gasteiger partial charge in [0.2, 0.25) is 5.70 Å². The molecule has 0 saturated heterocycles. The van der Waals surface area contributed by atoms with Gasteiger partial charge in [-0.1, -0.05) is 32.8 Å². The number of thiophene rings is 3. The van der Waals surface area contributed by atoms with E-state index in [0.29, 0.717) is 9.75 Å². The van der Waals surface area contributed by atoms with Gasteiger partial charge in [0.05, 0.1) is 43.5 Å². The van der Waals surface area contributed by atoms with Gasteiger partial charge in [-0.25, -0.2) is 25.1 Å². The van der Waals surface area contributed by atoms with Crippen LogP contribution >= 0.6 is 34.0 Å². The van der Waals surface area contributed by atoms with Crippen molar-refractivity contribution >= 4 is 45.3 Å². The number of hydrogen-bond donors (Lipinski definition) is 0. The van der Waals surface area contributed by atoms with E-state index in [1.165, 1.54) is 33.8 Å². The summed E-state index contributed by atoms with van der Waals surface area (Å²) in [6, 6.07) is 13.2. The minimum Gasteiger partial charge on any atom is -0.248 e. The van der Waals surface area contributed by atoms with E-state index in [9.17, 15) is 15.8 Å². The Morgan fingerprint density at radius 2 is 1.21 bits per heavy atom. The minimum absolute atomic E-state index is 0.0775. The highest BCUT2D eigenvalue weighted by Gasteiger charge is 2.23. The largest absolute Gasteiger partial charge is 0.280 e. The Morgan fingerprint density at radius 1 is 0.692 bits per heavy atom. The number of nitriles is 3. The fraction of sp³-hybridized carbons (Fsp3) is 0.267. The molecule has 0 aliphatic rings. The van der Waals surface area contributed by atoms with Gasteiger partial charge in [0.1, 0.15) is 0 Å². The van der Waals surface area contributed by atoms with Crippen LogP contribution in [0.25, 0.3) is 45.3 Å². The van der Waals surface area contributed by atoms with Crippen LogP contribution in [0.3, 0.4) is 0 Å². The highest BCUT2D eigenvalue weighted by atomic mass is 32.1. The highest BCUT2D eigenvalue weighted by Crippen LogP contribution is 2.48. The second-order valence-corrected chi connectivity index (χ2v) is 11.5. The molecule has 0 aliphatic carbocycles. The van der Waals surface area contributed by atoms with Crippen molar-refractivity contribution in [3.05, 3.63) is 90.8 Å². The van der Waals surface area contributed by atoms with Gasteiger partial charge in [0, 0.05) is 29.3 Å². The van der Waals surface area contributed by atoms with Gasteiger partial charge in [0.25, 0.3) is 11.4 Å². The Morgan fingerprint density at radius 3 is 1.64 bits per heavy atom. The third kappa shape index (κ3) is 6.16. The van der Waals surface area contributed by atoms with E-state index in [1.807, 2.05) is 36.4 Å². The summed E-state index contributed by atoms with van der Waals surface area (Å²) >= 11 is 4.51. The van der Waals surface area contributed by atoms with Crippen LogP contribution in [0.4, 0.5) is 0 Å². The van der Waals surface area contributed by atoms with Crippen molar-refractivity contribution in [1.29, 1.82) is 15.8 Å². The summed E-state index contributed by atoms with van der Waals surface area (Å²) in [4.78, 5) is 15.4. The van der Waals surface area contributed by atoms with Crippen molar-refractivity contribution < 1.29 is 0 Å². The Kier molecular flexibility index (Phi) is 10.4. The zero-order chi connectivity index (χ0) is 28.4. The molecule has 0 unspecified atom stereocenters. The molecule has 3 aromatic rings. The molecular weight excluding hydrogens is 541 g/mol. The third-order valence-electron chi connectivity index (χ3n) is 5.94. The van der Waals surface area contributed by atoms with Crippen molar-refractivity contribution in [2.75, 3.05) is 0 Å². The fourth-order valence-corrected chi connectivity index (χ4v) is 7.70. The van der Waals surface area contributed by atoms with Crippen LogP contribution in [-0.2, 0) is 12.8 Å². The molecule has 0 bridgehead atoms. The average Bonchev–Trinajstić information content (AvgIpc) is 3.71. The van der Waals surface area contributed by atoms with Crippen LogP contribution in [0.1, 0.15) is 60.4 Å². The predicted octanol–water partition coefficient (Wildman–Crippen LogP) is 9.60. The summed E-state index contributed by atoms with van der Waals surface area (Å²) in [5, 5.41) is 28.3. The van der Waals surface area contributed by atoms with Gasteiger partial charge in [-0.2, -0.15) is 5.26 Å². The standard InChI is InChI=1S/C30H22N6S3/c1-6-8-10-19-20(11-9-7-2)30(27-15-13-25(38-27)28(36-5)23(18-33)35-4)39-29(19)26-14-12-24(37-26)21(16-31)22(17-32)34-3/h12-15H,6-11H2,1-2H3/b22-21-,28-23-. The molecule has 3 rings (SSSR count). The van der Waals surface area contributed by atoms with Crippen LogP contribution in [0.2, 0.25) is 0 Å². The second kappa shape index (κ2) is 13.9. The molecular formula is C30H22N6S3. The van der Waals surface area contributed by atoms with Gasteiger partial charge in [-0.05, 0) is 55.0 Å². The van der Waals surface area contributed by atoms with Crippen LogP contribution in [0.15, 0.2) is 35.7 Å². The third-order valence-corrected chi connectivity index (χ3v) is 9.77. The number of nitrogens with zero attached hydrogens (tertiary/aromatic N) is 6. The van der Waals surface area contributed by atoms with E-state index < -0.39 is 0 Å². The first kappa shape index (κ1) is 29.1. The lowest BCUT2D eigenvalue weighted by Crippen LogP contribution is -1.94. The van der Waals surface area contributed by atoms with Gasteiger partial charge in [0.15, 0.2) is 0 Å².